The van der Waals surface area contributed by atoms with Crippen molar-refractivity contribution in [1.82, 2.24) is 0 Å². The summed E-state index contributed by atoms with van der Waals surface area (Å²) in [6, 6.07) is 13.9. The van der Waals surface area contributed by atoms with E-state index in [0.29, 0.717) is 29.1 Å². The lowest BCUT2D eigenvalue weighted by Crippen LogP contribution is -2.24. The summed E-state index contributed by atoms with van der Waals surface area (Å²) >= 11 is 0. The van der Waals surface area contributed by atoms with Crippen LogP contribution in [0.5, 0.6) is 5.75 Å². The van der Waals surface area contributed by atoms with Crippen molar-refractivity contribution in [3.8, 4) is 5.75 Å². The van der Waals surface area contributed by atoms with E-state index in [1.807, 2.05) is 25.1 Å². The van der Waals surface area contributed by atoms with E-state index in [4.69, 9.17) is 18.6 Å². The molecule has 0 saturated heterocycles. The first kappa shape index (κ1) is 19.6. The number of para-hydroxylation sites is 1. The van der Waals surface area contributed by atoms with Crippen LogP contribution in [0.25, 0.3) is 11.0 Å². The van der Waals surface area contributed by atoms with Crippen molar-refractivity contribution in [1.29, 1.82) is 0 Å². The van der Waals surface area contributed by atoms with Gasteiger partial charge >= 0.3 is 5.97 Å². The summed E-state index contributed by atoms with van der Waals surface area (Å²) in [6.45, 7) is 4.13. The number of Topliss-reactive ketones (excluding diaryl/α,β-unsaturated/α-hetero) is 1. The van der Waals surface area contributed by atoms with Crippen LogP contribution in [0, 0.1) is 0 Å². The molecule has 0 unspecified atom stereocenters. The summed E-state index contributed by atoms with van der Waals surface area (Å²) in [5.41, 5.74) is 1.62. The Bertz CT molecular complexity index is 970. The minimum Gasteiger partial charge on any atom is -0.497 e. The summed E-state index contributed by atoms with van der Waals surface area (Å²) in [7, 11) is 1.55. The van der Waals surface area contributed by atoms with Crippen LogP contribution >= 0.6 is 0 Å². The molecule has 3 rings (SSSR count). The number of benzene rings is 2. The molecule has 28 heavy (non-hydrogen) atoms. The van der Waals surface area contributed by atoms with Crippen molar-refractivity contribution in [3.05, 3.63) is 65.4 Å². The highest BCUT2D eigenvalue weighted by Gasteiger charge is 2.26. The average molecular weight is 382 g/mol. The number of ketones is 1. The molecule has 0 spiro atoms. The molecule has 0 radical (unpaired) electrons. The summed E-state index contributed by atoms with van der Waals surface area (Å²) in [5.74, 6) is -0.299. The molecule has 1 aromatic heterocycles. The van der Waals surface area contributed by atoms with E-state index in [1.165, 1.54) is 6.92 Å². The van der Waals surface area contributed by atoms with E-state index >= 15 is 0 Å². The molecule has 0 aliphatic rings. The fourth-order valence-corrected chi connectivity index (χ4v) is 2.87. The van der Waals surface area contributed by atoms with Gasteiger partial charge in [0.1, 0.15) is 11.3 Å². The Morgan fingerprint density at radius 1 is 1.07 bits per heavy atom. The van der Waals surface area contributed by atoms with E-state index in [-0.39, 0.29) is 18.2 Å². The topological polar surface area (TPSA) is 75.0 Å². The van der Waals surface area contributed by atoms with Crippen LogP contribution in [0.3, 0.4) is 0 Å². The molecule has 0 fully saturated rings. The molecular weight excluding hydrogens is 360 g/mol. The van der Waals surface area contributed by atoms with E-state index in [0.717, 1.165) is 5.39 Å². The smallest absolute Gasteiger partial charge is 0.375 e. The molecule has 0 amide bonds. The molecule has 6 nitrogen and oxygen atoms in total. The zero-order valence-corrected chi connectivity index (χ0v) is 16.1. The normalized spacial score (nSPS) is 12.0. The summed E-state index contributed by atoms with van der Waals surface area (Å²) in [5, 5.41) is 0.789. The predicted octanol–water partition coefficient (Wildman–Crippen LogP) is 4.41. The van der Waals surface area contributed by atoms with Crippen LogP contribution in [-0.4, -0.2) is 31.6 Å². The Labute approximate surface area is 163 Å². The Balaban J connectivity index is 1.80. The molecule has 0 aliphatic heterocycles. The Morgan fingerprint density at radius 3 is 2.46 bits per heavy atom. The van der Waals surface area contributed by atoms with E-state index in [9.17, 15) is 9.59 Å². The predicted molar refractivity (Wildman–Crippen MR) is 104 cm³/mol. The number of carbonyl (C=O) groups is 2. The second-order valence-corrected chi connectivity index (χ2v) is 6.18. The van der Waals surface area contributed by atoms with Crippen LogP contribution in [0.2, 0.25) is 0 Å². The maximum absolute atomic E-state index is 12.7. The zero-order chi connectivity index (χ0) is 20.1. The van der Waals surface area contributed by atoms with Gasteiger partial charge in [-0.2, -0.15) is 0 Å². The van der Waals surface area contributed by atoms with Crippen LogP contribution in [-0.2, 0) is 16.1 Å². The highest BCUT2D eigenvalue weighted by atomic mass is 16.6. The molecule has 0 bridgehead atoms. The zero-order valence-electron chi connectivity index (χ0n) is 16.1. The van der Waals surface area contributed by atoms with E-state index in [1.54, 1.807) is 37.4 Å². The molecule has 6 heteroatoms. The highest BCUT2D eigenvalue weighted by Crippen LogP contribution is 2.27. The highest BCUT2D eigenvalue weighted by molar-refractivity contribution is 6.02. The molecule has 3 aromatic rings. The number of hydrogen-bond acceptors (Lipinski definition) is 6. The monoisotopic (exact) mass is 382 g/mol. The molecule has 2 aromatic carbocycles. The number of fused-ring (bicyclic) bond motifs is 1. The Morgan fingerprint density at radius 2 is 1.79 bits per heavy atom. The SMILES string of the molecule is CCOCc1c(C(=O)O[C@H](C)C(=O)c2ccc(OC)cc2)oc2ccccc12. The first-order chi connectivity index (χ1) is 13.5. The van der Waals surface area contributed by atoms with Gasteiger partial charge in [0, 0.05) is 23.1 Å². The molecule has 0 aliphatic carbocycles. The first-order valence-electron chi connectivity index (χ1n) is 9.02. The molecule has 1 atom stereocenters. The van der Waals surface area contributed by atoms with E-state index < -0.39 is 12.1 Å². The van der Waals surface area contributed by atoms with Gasteiger partial charge in [0.25, 0.3) is 0 Å². The van der Waals surface area contributed by atoms with Crippen LogP contribution in [0.1, 0.15) is 40.3 Å². The van der Waals surface area contributed by atoms with Gasteiger partial charge < -0.3 is 18.6 Å². The Kier molecular flexibility index (Phi) is 6.11. The number of methoxy groups -OCH3 is 1. The second-order valence-electron chi connectivity index (χ2n) is 6.18. The first-order valence-corrected chi connectivity index (χ1v) is 9.02. The summed E-state index contributed by atoms with van der Waals surface area (Å²) in [6.07, 6.45) is -0.964. The van der Waals surface area contributed by atoms with Crippen LogP contribution in [0.4, 0.5) is 0 Å². The van der Waals surface area contributed by atoms with Crippen molar-refractivity contribution in [3.63, 3.8) is 0 Å². The summed E-state index contributed by atoms with van der Waals surface area (Å²) in [4.78, 5) is 25.3. The molecule has 146 valence electrons. The summed E-state index contributed by atoms with van der Waals surface area (Å²) < 4.78 is 21.6. The standard InChI is InChI=1S/C22H22O6/c1-4-26-13-18-17-7-5-6-8-19(17)28-21(18)22(24)27-14(2)20(23)15-9-11-16(25-3)12-10-15/h5-12,14H,4,13H2,1-3H3/t14-/m1/s1. The van der Waals surface area contributed by atoms with Crippen molar-refractivity contribution in [2.24, 2.45) is 0 Å². The minimum atomic E-state index is -0.964. The van der Waals surface area contributed by atoms with E-state index in [2.05, 4.69) is 0 Å². The number of furan rings is 1. The number of carbonyl (C=O) groups excluding carboxylic acids is 2. The minimum absolute atomic E-state index is 0.0593. The van der Waals surface area contributed by atoms with Crippen molar-refractivity contribution >= 4 is 22.7 Å². The number of esters is 1. The van der Waals surface area contributed by atoms with Crippen LogP contribution in [0.15, 0.2) is 52.9 Å². The van der Waals surface area contributed by atoms with Crippen molar-refractivity contribution < 1.29 is 28.2 Å². The maximum Gasteiger partial charge on any atom is 0.375 e. The molecular formula is C22H22O6. The van der Waals surface area contributed by atoms with Gasteiger partial charge in [-0.25, -0.2) is 4.79 Å². The number of ether oxygens (including phenoxy) is 3. The third-order valence-corrected chi connectivity index (χ3v) is 4.36. The Hall–Kier alpha value is -3.12. The maximum atomic E-state index is 12.7. The average Bonchev–Trinajstić information content (AvgIpc) is 3.10. The van der Waals surface area contributed by atoms with Crippen molar-refractivity contribution in [2.45, 2.75) is 26.6 Å². The largest absolute Gasteiger partial charge is 0.497 e. The lowest BCUT2D eigenvalue weighted by atomic mass is 10.1. The van der Waals surface area contributed by atoms with Gasteiger partial charge in [0.15, 0.2) is 6.10 Å². The van der Waals surface area contributed by atoms with Gasteiger partial charge in [0.2, 0.25) is 11.5 Å². The lowest BCUT2D eigenvalue weighted by Gasteiger charge is -2.12. The fraction of sp³-hybridized carbons (Fsp3) is 0.273. The van der Waals surface area contributed by atoms with Crippen LogP contribution < -0.4 is 4.74 Å². The third kappa shape index (κ3) is 4.07. The van der Waals surface area contributed by atoms with Gasteiger partial charge in [-0.3, -0.25) is 4.79 Å². The molecule has 1 heterocycles. The molecule has 0 N–H and O–H groups in total. The van der Waals surface area contributed by atoms with Crippen molar-refractivity contribution in [2.75, 3.05) is 13.7 Å². The van der Waals surface area contributed by atoms with Gasteiger partial charge in [-0.15, -0.1) is 0 Å². The van der Waals surface area contributed by atoms with Gasteiger partial charge in [-0.1, -0.05) is 18.2 Å². The lowest BCUT2D eigenvalue weighted by molar-refractivity contribution is 0.0285. The number of hydrogen-bond donors (Lipinski definition) is 0. The fourth-order valence-electron chi connectivity index (χ4n) is 2.87. The quantitative estimate of drug-likeness (QED) is 0.424. The number of rotatable bonds is 8. The van der Waals surface area contributed by atoms with Gasteiger partial charge in [0.05, 0.1) is 13.7 Å². The van der Waals surface area contributed by atoms with Gasteiger partial charge in [-0.05, 0) is 44.2 Å². The second kappa shape index (κ2) is 8.71. The third-order valence-electron chi connectivity index (χ3n) is 4.36. The molecule has 0 saturated carbocycles.